The van der Waals surface area contributed by atoms with E-state index in [1.54, 1.807) is 0 Å². The van der Waals surface area contributed by atoms with Crippen LogP contribution < -0.4 is 10.5 Å². The second kappa shape index (κ2) is 11.8. The van der Waals surface area contributed by atoms with Crippen molar-refractivity contribution in [1.29, 1.82) is 0 Å². The minimum Gasteiger partial charge on any atom is -0.455 e. The predicted octanol–water partition coefficient (Wildman–Crippen LogP) is 9.60. The Morgan fingerprint density at radius 1 is 0.532 bits per heavy atom. The first-order valence-electron chi connectivity index (χ1n) is 15.3. The molecule has 8 rings (SSSR count). The number of para-hydroxylation sites is 3. The smallest absolute Gasteiger partial charge is 0.164 e. The minimum absolute atomic E-state index is 0.513. The number of anilines is 1. The molecular weight excluding hydrogens is 578 g/mol. The molecule has 2 N–H and O–H groups in total. The van der Waals surface area contributed by atoms with Crippen molar-refractivity contribution in [2.45, 2.75) is 0 Å². The van der Waals surface area contributed by atoms with E-state index in [0.717, 1.165) is 49.7 Å². The molecule has 0 bridgehead atoms. The van der Waals surface area contributed by atoms with Gasteiger partial charge in [0.1, 0.15) is 11.5 Å². The van der Waals surface area contributed by atoms with E-state index in [1.807, 2.05) is 97.1 Å². The fourth-order valence-corrected chi connectivity index (χ4v) is 5.89. The average molecular weight is 608 g/mol. The average Bonchev–Trinajstić information content (AvgIpc) is 3.46. The Morgan fingerprint density at radius 3 is 1.66 bits per heavy atom. The summed E-state index contributed by atoms with van der Waals surface area (Å²) in [5, 5.41) is 2.10. The van der Waals surface area contributed by atoms with Crippen LogP contribution in [0.15, 0.2) is 158 Å². The van der Waals surface area contributed by atoms with Crippen molar-refractivity contribution in [3.05, 3.63) is 164 Å². The summed E-state index contributed by atoms with van der Waals surface area (Å²) in [6, 6.07) is 50.5. The van der Waals surface area contributed by atoms with Gasteiger partial charge in [-0.05, 0) is 60.7 Å². The number of ether oxygens (including phenoxy) is 1. The molecule has 0 saturated heterocycles. The van der Waals surface area contributed by atoms with Gasteiger partial charge in [-0.3, -0.25) is 0 Å². The Kier molecular flexibility index (Phi) is 7.00. The maximum Gasteiger partial charge on any atom is 0.164 e. The highest BCUT2D eigenvalue weighted by Crippen LogP contribution is 2.37. The lowest BCUT2D eigenvalue weighted by molar-refractivity contribution is 0.519. The molecule has 47 heavy (non-hydrogen) atoms. The van der Waals surface area contributed by atoms with Crippen LogP contribution in [0.4, 0.5) is 5.69 Å². The van der Waals surface area contributed by atoms with E-state index in [9.17, 15) is 0 Å². The van der Waals surface area contributed by atoms with Crippen molar-refractivity contribution < 1.29 is 4.74 Å². The van der Waals surface area contributed by atoms with Gasteiger partial charge in [-0.15, -0.1) is 0 Å². The number of aromatic nitrogens is 4. The number of benzene rings is 6. The van der Waals surface area contributed by atoms with Gasteiger partial charge in [-0.25, -0.2) is 15.0 Å². The van der Waals surface area contributed by atoms with Crippen LogP contribution >= 0.6 is 0 Å². The molecule has 6 heteroatoms. The molecule has 0 saturated carbocycles. The molecule has 6 nitrogen and oxygen atoms in total. The van der Waals surface area contributed by atoms with Crippen molar-refractivity contribution in [2.75, 3.05) is 5.73 Å². The Balaban J connectivity index is 1.32. The van der Waals surface area contributed by atoms with Crippen molar-refractivity contribution in [3.63, 3.8) is 0 Å². The maximum absolute atomic E-state index is 6.16. The number of hydrogen-bond donors (Lipinski definition) is 1. The van der Waals surface area contributed by atoms with Crippen LogP contribution in [0.3, 0.4) is 0 Å². The zero-order valence-corrected chi connectivity index (χ0v) is 25.4. The summed E-state index contributed by atoms with van der Waals surface area (Å²) in [5.41, 5.74) is 13.5. The second-order valence-corrected chi connectivity index (χ2v) is 11.2. The largest absolute Gasteiger partial charge is 0.455 e. The van der Waals surface area contributed by atoms with Gasteiger partial charge in [0, 0.05) is 38.7 Å². The van der Waals surface area contributed by atoms with Gasteiger partial charge in [0.25, 0.3) is 0 Å². The van der Waals surface area contributed by atoms with Gasteiger partial charge in [0.05, 0.1) is 16.7 Å². The Labute approximate surface area is 272 Å². The van der Waals surface area contributed by atoms with Crippen LogP contribution in [0, 0.1) is 0 Å². The van der Waals surface area contributed by atoms with Crippen molar-refractivity contribution in [2.24, 2.45) is 0 Å². The molecule has 0 unspecified atom stereocenters. The van der Waals surface area contributed by atoms with E-state index in [4.69, 9.17) is 25.4 Å². The summed E-state index contributed by atoms with van der Waals surface area (Å²) < 4.78 is 8.41. The first-order valence-corrected chi connectivity index (χ1v) is 15.3. The van der Waals surface area contributed by atoms with Gasteiger partial charge in [-0.1, -0.05) is 97.6 Å². The zero-order chi connectivity index (χ0) is 31.7. The van der Waals surface area contributed by atoms with Gasteiger partial charge >= 0.3 is 0 Å². The zero-order valence-electron chi connectivity index (χ0n) is 25.4. The van der Waals surface area contributed by atoms with Crippen molar-refractivity contribution in [1.82, 2.24) is 19.5 Å². The highest BCUT2D eigenvalue weighted by atomic mass is 16.5. The molecule has 224 valence electrons. The normalized spacial score (nSPS) is 11.1. The van der Waals surface area contributed by atoms with Crippen molar-refractivity contribution >= 4 is 33.3 Å². The summed E-state index contributed by atoms with van der Waals surface area (Å²) in [4.78, 5) is 14.8. The minimum atomic E-state index is 0.513. The molecule has 0 aliphatic heterocycles. The number of nitrogens with zero attached hydrogens (tertiary/aromatic N) is 4. The van der Waals surface area contributed by atoms with E-state index in [1.165, 1.54) is 0 Å². The molecular formula is C41H29N5O. The van der Waals surface area contributed by atoms with E-state index in [-0.39, 0.29) is 0 Å². The molecule has 0 aliphatic carbocycles. The third-order valence-electron chi connectivity index (χ3n) is 8.21. The number of nitrogen functional groups attached to an aromatic ring is 1. The standard InChI is InChI=1S/C41H29N5O/c1-27(47-38-20-12-11-19-35(38)42)30-21-23-36-33(25-30)34-26-31(22-24-37(34)46(36)32-17-9-4-10-18-32)41-44-39(28-13-5-2-6-14-28)43-40(45-41)29-15-7-3-8-16-29/h2-26H,1,42H2. The molecule has 0 radical (unpaired) electrons. The fourth-order valence-electron chi connectivity index (χ4n) is 5.89. The van der Waals surface area contributed by atoms with Gasteiger partial charge < -0.3 is 15.0 Å². The molecule has 2 aromatic heterocycles. The van der Waals surface area contributed by atoms with Crippen LogP contribution in [0.5, 0.6) is 5.75 Å². The molecule has 0 amide bonds. The molecule has 6 aromatic carbocycles. The molecule has 0 aliphatic rings. The number of fused-ring (bicyclic) bond motifs is 3. The van der Waals surface area contributed by atoms with E-state index < -0.39 is 0 Å². The third-order valence-corrected chi connectivity index (χ3v) is 8.21. The highest BCUT2D eigenvalue weighted by molar-refractivity contribution is 6.11. The monoisotopic (exact) mass is 607 g/mol. The van der Waals surface area contributed by atoms with E-state index >= 15 is 0 Å². The number of hydrogen-bond acceptors (Lipinski definition) is 5. The predicted molar refractivity (Wildman–Crippen MR) is 191 cm³/mol. The SMILES string of the molecule is C=C(Oc1ccccc1N)c1ccc2c(c1)c1cc(-c3nc(-c4ccccc4)nc(-c4ccccc4)n3)ccc1n2-c1ccccc1. The maximum atomic E-state index is 6.16. The summed E-state index contributed by atoms with van der Waals surface area (Å²) >= 11 is 0. The first-order chi connectivity index (χ1) is 23.1. The molecule has 0 atom stereocenters. The lowest BCUT2D eigenvalue weighted by Crippen LogP contribution is -2.00. The van der Waals surface area contributed by atoms with E-state index in [0.29, 0.717) is 34.7 Å². The van der Waals surface area contributed by atoms with Crippen LogP contribution in [0.1, 0.15) is 5.56 Å². The van der Waals surface area contributed by atoms with E-state index in [2.05, 4.69) is 65.7 Å². The molecule has 0 spiro atoms. The van der Waals surface area contributed by atoms with Crippen LogP contribution in [0.2, 0.25) is 0 Å². The third kappa shape index (κ3) is 5.28. The number of rotatable bonds is 7. The number of nitrogens with two attached hydrogens (primary N) is 1. The molecule has 0 fully saturated rings. The van der Waals surface area contributed by atoms with Gasteiger partial charge in [0.15, 0.2) is 17.5 Å². The molecule has 8 aromatic rings. The summed E-state index contributed by atoms with van der Waals surface area (Å²) in [6.45, 7) is 4.24. The summed E-state index contributed by atoms with van der Waals surface area (Å²) in [7, 11) is 0. The van der Waals surface area contributed by atoms with Crippen LogP contribution in [-0.4, -0.2) is 19.5 Å². The van der Waals surface area contributed by atoms with Crippen LogP contribution in [-0.2, 0) is 0 Å². The highest BCUT2D eigenvalue weighted by Gasteiger charge is 2.18. The Bertz CT molecular complexity index is 2340. The topological polar surface area (TPSA) is 78.8 Å². The Hall–Kier alpha value is -6.53. The second-order valence-electron chi connectivity index (χ2n) is 11.2. The van der Waals surface area contributed by atoms with Gasteiger partial charge in [0.2, 0.25) is 0 Å². The molecule has 2 heterocycles. The Morgan fingerprint density at radius 2 is 1.04 bits per heavy atom. The fraction of sp³-hybridized carbons (Fsp3) is 0. The van der Waals surface area contributed by atoms with Gasteiger partial charge in [-0.2, -0.15) is 0 Å². The lowest BCUT2D eigenvalue weighted by atomic mass is 10.1. The van der Waals surface area contributed by atoms with Crippen molar-refractivity contribution in [3.8, 4) is 45.6 Å². The van der Waals surface area contributed by atoms with Crippen LogP contribution in [0.25, 0.3) is 67.4 Å². The lowest BCUT2D eigenvalue weighted by Gasteiger charge is -2.11. The summed E-state index contributed by atoms with van der Waals surface area (Å²) in [5.74, 6) is 2.93. The first kappa shape index (κ1) is 28.0. The summed E-state index contributed by atoms with van der Waals surface area (Å²) in [6.07, 6.45) is 0. The quantitative estimate of drug-likeness (QED) is 0.144.